The second-order valence-corrected chi connectivity index (χ2v) is 10.2. The molecule has 8 heteroatoms. The number of urea groups is 1. The highest BCUT2D eigenvalue weighted by atomic mass is 16.2. The topological polar surface area (TPSA) is 103 Å². The minimum atomic E-state index is -0.231. The Hall–Kier alpha value is -4.07. The maximum absolute atomic E-state index is 13.0. The summed E-state index contributed by atoms with van der Waals surface area (Å²) in [5.41, 5.74) is 10.4. The third-order valence-corrected chi connectivity index (χ3v) is 7.41. The normalized spacial score (nSPS) is 17.5. The van der Waals surface area contributed by atoms with E-state index in [1.54, 1.807) is 12.3 Å². The molecule has 2 fully saturated rings. The van der Waals surface area contributed by atoms with Gasteiger partial charge in [-0.3, -0.25) is 9.79 Å². The lowest BCUT2D eigenvalue weighted by atomic mass is 9.89. The molecular formula is C30H38N6O2. The first-order chi connectivity index (χ1) is 18.3. The van der Waals surface area contributed by atoms with E-state index in [4.69, 9.17) is 5.73 Å². The molecule has 0 aromatic heterocycles. The van der Waals surface area contributed by atoms with Crippen LogP contribution in [0.15, 0.2) is 65.8 Å². The summed E-state index contributed by atoms with van der Waals surface area (Å²) in [5.74, 6) is -0.231. The van der Waals surface area contributed by atoms with Gasteiger partial charge in [-0.15, -0.1) is 0 Å². The van der Waals surface area contributed by atoms with Gasteiger partial charge in [-0.2, -0.15) is 0 Å². The second-order valence-electron chi connectivity index (χ2n) is 10.2. The number of amides is 3. The lowest BCUT2D eigenvalue weighted by Gasteiger charge is -2.41. The van der Waals surface area contributed by atoms with Crippen molar-refractivity contribution >= 4 is 41.3 Å². The number of allylic oxidation sites excluding steroid dienone is 3. The van der Waals surface area contributed by atoms with Crippen molar-refractivity contribution in [1.82, 2.24) is 9.80 Å². The van der Waals surface area contributed by atoms with Crippen LogP contribution in [-0.2, 0) is 0 Å². The Morgan fingerprint density at radius 3 is 2.26 bits per heavy atom. The van der Waals surface area contributed by atoms with Crippen molar-refractivity contribution in [1.29, 1.82) is 0 Å². The zero-order valence-corrected chi connectivity index (χ0v) is 22.4. The lowest BCUT2D eigenvalue weighted by Crippen LogP contribution is -2.52. The minimum Gasteiger partial charge on any atom is -0.397 e. The summed E-state index contributed by atoms with van der Waals surface area (Å²) in [6, 6.07) is 13.2. The number of hydrogen-bond acceptors (Lipinski definition) is 5. The Labute approximate surface area is 225 Å². The highest BCUT2D eigenvalue weighted by Gasteiger charge is 2.33. The summed E-state index contributed by atoms with van der Waals surface area (Å²) < 4.78 is 0. The number of hydrogen-bond donors (Lipinski definition) is 3. The predicted molar refractivity (Wildman–Crippen MR) is 157 cm³/mol. The molecule has 2 heterocycles. The van der Waals surface area contributed by atoms with Gasteiger partial charge < -0.3 is 26.2 Å². The maximum atomic E-state index is 13.0. The SMILES string of the molecule is C=N/C=C\C(=C/C)c1ccc(N)c(NC(=O)c2ccc(NC3(C)CCN(C(=O)N4CCCC4)CC3)cc2)c1. The molecule has 0 radical (unpaired) electrons. The largest absolute Gasteiger partial charge is 0.397 e. The standard InChI is InChI=1S/C30H38N6O2/c1-4-22(13-16-32-3)24-9-12-26(31)27(21-24)33-28(37)23-7-10-25(11-8-23)34-30(2)14-19-36(20-15-30)29(38)35-17-5-6-18-35/h4,7-13,16,21,34H,3,5-6,14-15,17-20,31H2,1-2H3,(H,33,37)/b16-13-,22-4+. The van der Waals surface area contributed by atoms with Crippen LogP contribution in [0, 0.1) is 0 Å². The third kappa shape index (κ3) is 6.43. The molecular weight excluding hydrogens is 476 g/mol. The van der Waals surface area contributed by atoms with E-state index in [0.29, 0.717) is 16.9 Å². The van der Waals surface area contributed by atoms with Gasteiger partial charge in [-0.05, 0) is 99.9 Å². The molecule has 2 aromatic rings. The van der Waals surface area contributed by atoms with Gasteiger partial charge in [-0.1, -0.05) is 12.1 Å². The number of likely N-dealkylation sites (tertiary alicyclic amines) is 2. The molecule has 2 aliphatic heterocycles. The van der Waals surface area contributed by atoms with E-state index in [0.717, 1.165) is 68.7 Å². The number of nitrogens with one attached hydrogen (secondary N) is 2. The molecule has 0 spiro atoms. The summed E-state index contributed by atoms with van der Waals surface area (Å²) in [5, 5.41) is 6.56. The average molecular weight is 515 g/mol. The van der Waals surface area contributed by atoms with E-state index < -0.39 is 0 Å². The quantitative estimate of drug-likeness (QED) is 0.253. The Morgan fingerprint density at radius 1 is 1.00 bits per heavy atom. The molecule has 0 saturated carbocycles. The summed E-state index contributed by atoms with van der Waals surface area (Å²) in [7, 11) is 0. The Bertz CT molecular complexity index is 1220. The molecule has 2 saturated heterocycles. The van der Waals surface area contributed by atoms with Crippen LogP contribution < -0.4 is 16.4 Å². The molecule has 8 nitrogen and oxygen atoms in total. The molecule has 200 valence electrons. The van der Waals surface area contributed by atoms with E-state index in [2.05, 4.69) is 29.3 Å². The van der Waals surface area contributed by atoms with Gasteiger partial charge in [0.2, 0.25) is 0 Å². The van der Waals surface area contributed by atoms with Crippen molar-refractivity contribution in [2.75, 3.05) is 42.5 Å². The Morgan fingerprint density at radius 2 is 1.63 bits per heavy atom. The number of aliphatic imine (C=N–C) groups is 1. The fourth-order valence-corrected chi connectivity index (χ4v) is 5.01. The van der Waals surface area contributed by atoms with Crippen LogP contribution in [0.1, 0.15) is 55.5 Å². The number of nitrogens with two attached hydrogens (primary N) is 1. The van der Waals surface area contributed by atoms with Gasteiger partial charge >= 0.3 is 6.03 Å². The van der Waals surface area contributed by atoms with E-state index in [1.165, 1.54) is 0 Å². The van der Waals surface area contributed by atoms with Crippen LogP contribution in [0.3, 0.4) is 0 Å². The summed E-state index contributed by atoms with van der Waals surface area (Å²) in [6.45, 7) is 10.8. The molecule has 0 aliphatic carbocycles. The number of rotatable bonds is 7. The van der Waals surface area contributed by atoms with Crippen molar-refractivity contribution < 1.29 is 9.59 Å². The first-order valence-corrected chi connectivity index (χ1v) is 13.2. The summed E-state index contributed by atoms with van der Waals surface area (Å²) in [4.78, 5) is 33.4. The van der Waals surface area contributed by atoms with Crippen molar-refractivity contribution in [3.8, 4) is 0 Å². The number of anilines is 3. The second kappa shape index (κ2) is 12.0. The smallest absolute Gasteiger partial charge is 0.320 e. The zero-order valence-electron chi connectivity index (χ0n) is 22.4. The maximum Gasteiger partial charge on any atom is 0.320 e. The van der Waals surface area contributed by atoms with Crippen LogP contribution in [0.2, 0.25) is 0 Å². The van der Waals surface area contributed by atoms with Crippen molar-refractivity contribution in [3.63, 3.8) is 0 Å². The molecule has 2 aliphatic rings. The van der Waals surface area contributed by atoms with Gasteiger partial charge in [0.1, 0.15) is 0 Å². The first kappa shape index (κ1) is 27.0. The molecule has 4 rings (SSSR count). The monoisotopic (exact) mass is 514 g/mol. The van der Waals surface area contributed by atoms with E-state index in [1.807, 2.05) is 65.3 Å². The number of piperidine rings is 1. The van der Waals surface area contributed by atoms with Crippen molar-refractivity contribution in [2.24, 2.45) is 4.99 Å². The van der Waals surface area contributed by atoms with Gasteiger partial charge in [0.25, 0.3) is 5.91 Å². The van der Waals surface area contributed by atoms with Crippen LogP contribution in [-0.4, -0.2) is 60.2 Å². The van der Waals surface area contributed by atoms with Crippen molar-refractivity contribution in [2.45, 2.75) is 45.1 Å². The van der Waals surface area contributed by atoms with E-state index in [9.17, 15) is 9.59 Å². The van der Waals surface area contributed by atoms with Crippen LogP contribution in [0.5, 0.6) is 0 Å². The molecule has 3 amide bonds. The lowest BCUT2D eigenvalue weighted by molar-refractivity contribution is 0.102. The molecule has 2 aromatic carbocycles. The fourth-order valence-electron chi connectivity index (χ4n) is 5.01. The minimum absolute atomic E-state index is 0.111. The van der Waals surface area contributed by atoms with Crippen LogP contribution >= 0.6 is 0 Å². The highest BCUT2D eigenvalue weighted by Crippen LogP contribution is 2.29. The number of carbonyl (C=O) groups excluding carboxylic acids is 2. The van der Waals surface area contributed by atoms with Crippen molar-refractivity contribution in [3.05, 3.63) is 71.9 Å². The van der Waals surface area contributed by atoms with E-state index in [-0.39, 0.29) is 17.5 Å². The van der Waals surface area contributed by atoms with Gasteiger partial charge in [0.15, 0.2) is 0 Å². The van der Waals surface area contributed by atoms with Gasteiger partial charge in [-0.25, -0.2) is 4.79 Å². The number of nitrogens with zero attached hydrogens (tertiary/aromatic N) is 3. The molecule has 4 N–H and O–H groups in total. The number of carbonyl (C=O) groups is 2. The van der Waals surface area contributed by atoms with Crippen LogP contribution in [0.25, 0.3) is 5.57 Å². The Kier molecular flexibility index (Phi) is 8.51. The first-order valence-electron chi connectivity index (χ1n) is 13.2. The predicted octanol–water partition coefficient (Wildman–Crippen LogP) is 5.62. The highest BCUT2D eigenvalue weighted by molar-refractivity contribution is 6.06. The van der Waals surface area contributed by atoms with Crippen LogP contribution in [0.4, 0.5) is 21.9 Å². The molecule has 38 heavy (non-hydrogen) atoms. The average Bonchev–Trinajstić information content (AvgIpc) is 3.46. The summed E-state index contributed by atoms with van der Waals surface area (Å²) in [6.07, 6.45) is 9.39. The number of nitrogen functional groups attached to an aromatic ring is 1. The van der Waals surface area contributed by atoms with E-state index >= 15 is 0 Å². The van der Waals surface area contributed by atoms with Gasteiger partial charge in [0, 0.05) is 49.2 Å². The Balaban J connectivity index is 1.36. The molecule has 0 unspecified atom stereocenters. The number of benzene rings is 2. The van der Waals surface area contributed by atoms with Gasteiger partial charge in [0.05, 0.1) is 11.4 Å². The molecule has 0 atom stereocenters. The summed E-state index contributed by atoms with van der Waals surface area (Å²) >= 11 is 0. The molecule has 0 bridgehead atoms. The fraction of sp³-hybridized carbons (Fsp3) is 0.367. The third-order valence-electron chi connectivity index (χ3n) is 7.41. The zero-order chi connectivity index (χ0) is 27.1.